The number of nitro groups is 1. The Balaban J connectivity index is 3.60. The largest absolute Gasteiger partial charge is 0.478 e. The fourth-order valence-corrected chi connectivity index (χ4v) is 1.08. The highest BCUT2D eigenvalue weighted by Crippen LogP contribution is 2.35. The molecule has 0 unspecified atom stereocenters. The Hall–Kier alpha value is -2.19. The molecule has 0 fully saturated rings. The van der Waals surface area contributed by atoms with Gasteiger partial charge in [0.1, 0.15) is 11.4 Å². The van der Waals surface area contributed by atoms with E-state index in [0.717, 1.165) is 0 Å². The van der Waals surface area contributed by atoms with Gasteiger partial charge >= 0.3 is 12.1 Å². The van der Waals surface area contributed by atoms with Crippen LogP contribution in [0, 0.1) is 15.9 Å². The van der Waals surface area contributed by atoms with E-state index in [1.165, 1.54) is 0 Å². The van der Waals surface area contributed by atoms with E-state index in [-0.39, 0.29) is 12.1 Å². The van der Waals surface area contributed by atoms with Crippen LogP contribution in [0.25, 0.3) is 0 Å². The molecule has 1 N–H and O–H groups in total. The Morgan fingerprint density at radius 1 is 1.35 bits per heavy atom. The fourth-order valence-electron chi connectivity index (χ4n) is 1.08. The van der Waals surface area contributed by atoms with Crippen LogP contribution in [0.5, 0.6) is 0 Å². The van der Waals surface area contributed by atoms with E-state index in [9.17, 15) is 32.5 Å². The highest BCUT2D eigenvalue weighted by Gasteiger charge is 2.38. The highest BCUT2D eigenvalue weighted by molar-refractivity contribution is 5.89. The first kappa shape index (κ1) is 12.9. The SMILES string of the molecule is O=C(O)c1cc([N+](=O)[O-])cc(C(F)(F)F)c1F. The van der Waals surface area contributed by atoms with Crippen molar-refractivity contribution in [3.8, 4) is 0 Å². The number of hydrogen-bond acceptors (Lipinski definition) is 3. The van der Waals surface area contributed by atoms with E-state index in [4.69, 9.17) is 5.11 Å². The zero-order valence-electron chi connectivity index (χ0n) is 7.79. The minimum Gasteiger partial charge on any atom is -0.478 e. The number of carbonyl (C=O) groups is 1. The van der Waals surface area contributed by atoms with Gasteiger partial charge in [-0.05, 0) is 0 Å². The summed E-state index contributed by atoms with van der Waals surface area (Å²) >= 11 is 0. The van der Waals surface area contributed by atoms with Crippen LogP contribution in [0.4, 0.5) is 23.2 Å². The molecule has 0 atom stereocenters. The van der Waals surface area contributed by atoms with Crippen LogP contribution in [0.15, 0.2) is 12.1 Å². The zero-order chi connectivity index (χ0) is 13.4. The summed E-state index contributed by atoms with van der Waals surface area (Å²) in [7, 11) is 0. The number of nitro benzene ring substituents is 1. The molecule has 0 aliphatic rings. The van der Waals surface area contributed by atoms with Crippen LogP contribution in [0.1, 0.15) is 15.9 Å². The maximum absolute atomic E-state index is 13.1. The molecule has 92 valence electrons. The number of rotatable bonds is 2. The summed E-state index contributed by atoms with van der Waals surface area (Å²) in [6.07, 6.45) is -5.21. The van der Waals surface area contributed by atoms with Gasteiger partial charge in [0.15, 0.2) is 0 Å². The normalized spacial score (nSPS) is 11.3. The summed E-state index contributed by atoms with van der Waals surface area (Å²) < 4.78 is 50.0. The Morgan fingerprint density at radius 3 is 2.24 bits per heavy atom. The lowest BCUT2D eigenvalue weighted by Gasteiger charge is -2.09. The zero-order valence-corrected chi connectivity index (χ0v) is 7.79. The molecule has 9 heteroatoms. The van der Waals surface area contributed by atoms with E-state index in [0.29, 0.717) is 0 Å². The molecule has 17 heavy (non-hydrogen) atoms. The number of benzene rings is 1. The second-order valence-electron chi connectivity index (χ2n) is 2.91. The predicted molar refractivity (Wildman–Crippen MR) is 45.0 cm³/mol. The van der Waals surface area contributed by atoms with Crippen molar-refractivity contribution in [2.75, 3.05) is 0 Å². The molecule has 1 aromatic carbocycles. The minimum absolute atomic E-state index is 0.0538. The minimum atomic E-state index is -5.21. The standard InChI is InChI=1S/C8H3F4NO4/c9-6-4(7(14)15)1-3(13(16)17)2-5(6)8(10,11)12/h1-2H,(H,14,15). The molecule has 0 aromatic heterocycles. The van der Waals surface area contributed by atoms with Gasteiger partial charge in [0.05, 0.1) is 10.5 Å². The van der Waals surface area contributed by atoms with Gasteiger partial charge in [-0.25, -0.2) is 9.18 Å². The van der Waals surface area contributed by atoms with Gasteiger partial charge in [0.25, 0.3) is 5.69 Å². The Kier molecular flexibility index (Phi) is 3.03. The topological polar surface area (TPSA) is 80.4 Å². The number of non-ortho nitro benzene ring substituents is 1. The van der Waals surface area contributed by atoms with Crippen LogP contribution in [0.3, 0.4) is 0 Å². The van der Waals surface area contributed by atoms with Crippen LogP contribution >= 0.6 is 0 Å². The number of carboxylic acids is 1. The molecule has 0 radical (unpaired) electrons. The molecule has 0 heterocycles. The van der Waals surface area contributed by atoms with Crippen molar-refractivity contribution < 1.29 is 32.4 Å². The van der Waals surface area contributed by atoms with Crippen molar-refractivity contribution in [2.45, 2.75) is 6.18 Å². The van der Waals surface area contributed by atoms with Gasteiger partial charge in [-0.2, -0.15) is 13.2 Å². The first-order valence-electron chi connectivity index (χ1n) is 3.93. The average molecular weight is 253 g/mol. The van der Waals surface area contributed by atoms with Gasteiger partial charge in [-0.3, -0.25) is 10.1 Å². The molecule has 0 saturated heterocycles. The second kappa shape index (κ2) is 4.00. The maximum atomic E-state index is 13.1. The van der Waals surface area contributed by atoms with Gasteiger partial charge in [0, 0.05) is 12.1 Å². The van der Waals surface area contributed by atoms with Crippen molar-refractivity contribution in [1.29, 1.82) is 0 Å². The van der Waals surface area contributed by atoms with E-state index < -0.39 is 39.7 Å². The molecular formula is C8H3F4NO4. The highest BCUT2D eigenvalue weighted by atomic mass is 19.4. The van der Waals surface area contributed by atoms with E-state index in [2.05, 4.69) is 0 Å². The molecule has 0 aliphatic heterocycles. The molecule has 5 nitrogen and oxygen atoms in total. The summed E-state index contributed by atoms with van der Waals surface area (Å²) in [6, 6.07) is 0.175. The quantitative estimate of drug-likeness (QED) is 0.498. The van der Waals surface area contributed by atoms with Crippen molar-refractivity contribution >= 4 is 11.7 Å². The molecule has 1 rings (SSSR count). The van der Waals surface area contributed by atoms with Crippen LogP contribution < -0.4 is 0 Å². The third-order valence-electron chi connectivity index (χ3n) is 1.80. The number of aromatic carboxylic acids is 1. The molecule has 0 bridgehead atoms. The first-order valence-corrected chi connectivity index (χ1v) is 3.93. The smallest absolute Gasteiger partial charge is 0.419 e. The molecule has 0 spiro atoms. The number of alkyl halides is 3. The molecular weight excluding hydrogens is 250 g/mol. The van der Waals surface area contributed by atoms with Crippen molar-refractivity contribution in [3.63, 3.8) is 0 Å². The Bertz CT molecular complexity index is 497. The monoisotopic (exact) mass is 253 g/mol. The van der Waals surface area contributed by atoms with E-state index in [1.54, 1.807) is 0 Å². The van der Waals surface area contributed by atoms with Gasteiger partial charge in [-0.1, -0.05) is 0 Å². The first-order chi connectivity index (χ1) is 7.64. The second-order valence-corrected chi connectivity index (χ2v) is 2.91. The maximum Gasteiger partial charge on any atom is 0.419 e. The molecule has 0 amide bonds. The summed E-state index contributed by atoms with van der Waals surface area (Å²) in [5.74, 6) is -4.06. The van der Waals surface area contributed by atoms with E-state index >= 15 is 0 Å². The summed E-state index contributed by atoms with van der Waals surface area (Å²) in [5, 5.41) is 18.7. The summed E-state index contributed by atoms with van der Waals surface area (Å²) in [4.78, 5) is 19.5. The summed E-state index contributed by atoms with van der Waals surface area (Å²) in [6.45, 7) is 0. The average Bonchev–Trinajstić information content (AvgIpc) is 2.15. The molecule has 1 aromatic rings. The summed E-state index contributed by atoms with van der Waals surface area (Å²) in [5.41, 5.74) is -4.52. The lowest BCUT2D eigenvalue weighted by Crippen LogP contribution is -2.13. The van der Waals surface area contributed by atoms with Gasteiger partial charge < -0.3 is 5.11 Å². The Labute approximate surface area is 90.4 Å². The van der Waals surface area contributed by atoms with Crippen LogP contribution in [0.2, 0.25) is 0 Å². The van der Waals surface area contributed by atoms with Gasteiger partial charge in [0.2, 0.25) is 0 Å². The molecule has 0 saturated carbocycles. The predicted octanol–water partition coefficient (Wildman–Crippen LogP) is 2.45. The van der Waals surface area contributed by atoms with Crippen LogP contribution in [-0.4, -0.2) is 16.0 Å². The fraction of sp³-hybridized carbons (Fsp3) is 0.125. The third kappa shape index (κ3) is 2.49. The third-order valence-corrected chi connectivity index (χ3v) is 1.80. The van der Waals surface area contributed by atoms with E-state index in [1.807, 2.05) is 0 Å². The Morgan fingerprint density at radius 2 is 1.88 bits per heavy atom. The van der Waals surface area contributed by atoms with Crippen molar-refractivity contribution in [2.24, 2.45) is 0 Å². The van der Waals surface area contributed by atoms with Crippen molar-refractivity contribution in [3.05, 3.63) is 39.2 Å². The van der Waals surface area contributed by atoms with Gasteiger partial charge in [-0.15, -0.1) is 0 Å². The molecule has 0 aliphatic carbocycles. The lowest BCUT2D eigenvalue weighted by atomic mass is 10.1. The van der Waals surface area contributed by atoms with Crippen molar-refractivity contribution in [1.82, 2.24) is 0 Å². The number of nitrogens with zero attached hydrogens (tertiary/aromatic N) is 1. The lowest BCUT2D eigenvalue weighted by molar-refractivity contribution is -0.385. The number of carboxylic acid groups (broad SMARTS) is 1. The van der Waals surface area contributed by atoms with Crippen LogP contribution in [-0.2, 0) is 6.18 Å². The number of hydrogen-bond donors (Lipinski definition) is 1. The number of halogens is 4.